The maximum atomic E-state index is 12.0. The van der Waals surface area contributed by atoms with E-state index in [1.54, 1.807) is 0 Å². The molecule has 0 saturated carbocycles. The minimum atomic E-state index is -1.05. The number of aliphatic hydroxyl groups is 3. The predicted octanol–water partition coefficient (Wildman–Crippen LogP) is 0.112. The van der Waals surface area contributed by atoms with E-state index in [2.05, 4.69) is 0 Å². The minimum absolute atomic E-state index is 0.0133. The fourth-order valence-electron chi connectivity index (χ4n) is 2.36. The lowest BCUT2D eigenvalue weighted by Crippen LogP contribution is -2.40. The van der Waals surface area contributed by atoms with Crippen molar-refractivity contribution in [1.82, 2.24) is 4.90 Å². The van der Waals surface area contributed by atoms with Gasteiger partial charge >= 0.3 is 6.09 Å². The molecule has 20 heavy (non-hydrogen) atoms. The van der Waals surface area contributed by atoms with Crippen molar-refractivity contribution in [2.75, 3.05) is 13.2 Å². The summed E-state index contributed by atoms with van der Waals surface area (Å²) in [5.41, 5.74) is 0.861. The van der Waals surface area contributed by atoms with Crippen molar-refractivity contribution in [3.05, 3.63) is 35.9 Å². The normalized spacial score (nSPS) is 25.8. The molecule has 1 fully saturated rings. The quantitative estimate of drug-likeness (QED) is 0.729. The summed E-state index contributed by atoms with van der Waals surface area (Å²) in [6.07, 6.45) is -2.44. The lowest BCUT2D eigenvalue weighted by molar-refractivity contribution is 0.0297. The third-order valence-electron chi connectivity index (χ3n) is 3.44. The Morgan fingerprint density at radius 3 is 2.65 bits per heavy atom. The number of ether oxygens (including phenoxy) is 1. The molecule has 0 unspecified atom stereocenters. The van der Waals surface area contributed by atoms with Crippen LogP contribution in [-0.2, 0) is 11.3 Å². The Balaban J connectivity index is 1.94. The number of likely N-dealkylation sites (tertiary alicyclic amines) is 1. The maximum Gasteiger partial charge on any atom is 0.410 e. The number of amides is 1. The topological polar surface area (TPSA) is 90.2 Å². The van der Waals surface area contributed by atoms with E-state index in [-0.39, 0.29) is 26.2 Å². The number of nitrogens with zero attached hydrogens (tertiary/aromatic N) is 1. The third-order valence-corrected chi connectivity index (χ3v) is 3.44. The predicted molar refractivity (Wildman–Crippen MR) is 70.8 cm³/mol. The van der Waals surface area contributed by atoms with E-state index in [0.29, 0.717) is 0 Å². The van der Waals surface area contributed by atoms with Crippen LogP contribution in [0.5, 0.6) is 0 Å². The van der Waals surface area contributed by atoms with Crippen LogP contribution in [0.3, 0.4) is 0 Å². The molecule has 2 rings (SSSR count). The molecule has 3 N–H and O–H groups in total. The zero-order valence-electron chi connectivity index (χ0n) is 11.1. The Bertz CT molecular complexity index is 438. The Morgan fingerprint density at radius 2 is 2.00 bits per heavy atom. The third kappa shape index (κ3) is 3.27. The molecule has 3 atom stereocenters. The van der Waals surface area contributed by atoms with Crippen molar-refractivity contribution >= 4 is 6.09 Å². The summed E-state index contributed by atoms with van der Waals surface area (Å²) in [5.74, 6) is 0. The summed E-state index contributed by atoms with van der Waals surface area (Å²) in [7, 11) is 0. The van der Waals surface area contributed by atoms with Crippen LogP contribution in [0.1, 0.15) is 12.0 Å². The molecule has 1 aliphatic rings. The molecule has 1 saturated heterocycles. The first-order valence-electron chi connectivity index (χ1n) is 6.57. The molecular formula is C14H19NO5. The van der Waals surface area contributed by atoms with Crippen LogP contribution in [0.25, 0.3) is 0 Å². The number of carbonyl (C=O) groups is 1. The molecule has 1 amide bonds. The van der Waals surface area contributed by atoms with Gasteiger partial charge in [-0.25, -0.2) is 4.79 Å². The van der Waals surface area contributed by atoms with Gasteiger partial charge in [0.15, 0.2) is 0 Å². The van der Waals surface area contributed by atoms with Crippen LogP contribution >= 0.6 is 0 Å². The molecule has 0 radical (unpaired) electrons. The largest absolute Gasteiger partial charge is 0.445 e. The van der Waals surface area contributed by atoms with Crippen LogP contribution < -0.4 is 0 Å². The molecule has 6 nitrogen and oxygen atoms in total. The first-order valence-corrected chi connectivity index (χ1v) is 6.57. The van der Waals surface area contributed by atoms with Crippen LogP contribution in [0.2, 0.25) is 0 Å². The van der Waals surface area contributed by atoms with E-state index in [1.807, 2.05) is 30.3 Å². The summed E-state index contributed by atoms with van der Waals surface area (Å²) >= 11 is 0. The van der Waals surface area contributed by atoms with Gasteiger partial charge in [-0.3, -0.25) is 4.90 Å². The van der Waals surface area contributed by atoms with Crippen molar-refractivity contribution in [3.8, 4) is 0 Å². The molecule has 0 aromatic heterocycles. The summed E-state index contributed by atoms with van der Waals surface area (Å²) in [6.45, 7) is -0.0232. The molecule has 1 aliphatic heterocycles. The second-order valence-corrected chi connectivity index (χ2v) is 4.83. The van der Waals surface area contributed by atoms with Gasteiger partial charge in [-0.2, -0.15) is 0 Å². The zero-order valence-corrected chi connectivity index (χ0v) is 11.1. The molecule has 1 aromatic rings. The van der Waals surface area contributed by atoms with E-state index in [9.17, 15) is 15.0 Å². The number of hydrogen-bond donors (Lipinski definition) is 3. The lowest BCUT2D eigenvalue weighted by Gasteiger charge is -2.24. The molecule has 0 bridgehead atoms. The van der Waals surface area contributed by atoms with Crippen molar-refractivity contribution in [3.63, 3.8) is 0 Å². The highest BCUT2D eigenvalue weighted by Crippen LogP contribution is 2.22. The van der Waals surface area contributed by atoms with Gasteiger partial charge in [-0.15, -0.1) is 0 Å². The summed E-state index contributed by atoms with van der Waals surface area (Å²) < 4.78 is 5.17. The standard InChI is InChI=1S/C14H19NO5/c16-7-6-11-13(18)12(17)8-15(11)14(19)20-9-10-4-2-1-3-5-10/h1-5,11-13,16-18H,6-9H2/t11-,12-,13+/m1/s1. The number of aliphatic hydroxyl groups excluding tert-OH is 3. The highest BCUT2D eigenvalue weighted by Gasteiger charge is 2.42. The molecule has 1 aromatic carbocycles. The SMILES string of the molecule is O=C(OCc1ccccc1)N1C[C@@H](O)[C@@H](O)[C@H]1CCO. The van der Waals surface area contributed by atoms with E-state index in [0.717, 1.165) is 5.56 Å². The van der Waals surface area contributed by atoms with Crippen LogP contribution in [0.4, 0.5) is 4.79 Å². The first kappa shape index (κ1) is 14.8. The Hall–Kier alpha value is -1.63. The fraction of sp³-hybridized carbons (Fsp3) is 0.500. The van der Waals surface area contributed by atoms with Crippen LogP contribution in [0, 0.1) is 0 Å². The van der Waals surface area contributed by atoms with Gasteiger partial charge < -0.3 is 20.1 Å². The molecule has 0 spiro atoms. The summed E-state index contributed by atoms with van der Waals surface area (Å²) in [5, 5.41) is 28.4. The van der Waals surface area contributed by atoms with Crippen molar-refractivity contribution in [2.24, 2.45) is 0 Å². The van der Waals surface area contributed by atoms with Crippen molar-refractivity contribution < 1.29 is 24.9 Å². The number of rotatable bonds is 4. The van der Waals surface area contributed by atoms with Gasteiger partial charge in [-0.05, 0) is 12.0 Å². The Morgan fingerprint density at radius 1 is 1.30 bits per heavy atom. The second kappa shape index (κ2) is 6.69. The number of benzene rings is 1. The number of hydrogen-bond acceptors (Lipinski definition) is 5. The Kier molecular flexibility index (Phi) is 4.94. The van der Waals surface area contributed by atoms with Gasteiger partial charge in [0, 0.05) is 6.61 Å². The smallest absolute Gasteiger partial charge is 0.410 e. The van der Waals surface area contributed by atoms with Gasteiger partial charge in [0.2, 0.25) is 0 Å². The summed E-state index contributed by atoms with van der Waals surface area (Å²) in [6, 6.07) is 8.63. The molecule has 110 valence electrons. The van der Waals surface area contributed by atoms with E-state index in [4.69, 9.17) is 9.84 Å². The van der Waals surface area contributed by atoms with Gasteiger partial charge in [0.05, 0.1) is 18.7 Å². The van der Waals surface area contributed by atoms with Gasteiger partial charge in [-0.1, -0.05) is 30.3 Å². The first-order chi connectivity index (χ1) is 9.63. The molecule has 0 aliphatic carbocycles. The van der Waals surface area contributed by atoms with E-state index < -0.39 is 24.3 Å². The minimum Gasteiger partial charge on any atom is -0.445 e. The number of carbonyl (C=O) groups excluding carboxylic acids is 1. The Labute approximate surface area is 117 Å². The second-order valence-electron chi connectivity index (χ2n) is 4.83. The number of β-amino-alcohol motifs (C(OH)–C–C–N with tert-alkyl or cyclic N) is 1. The highest BCUT2D eigenvalue weighted by molar-refractivity contribution is 5.68. The molecule has 6 heteroatoms. The van der Waals surface area contributed by atoms with Crippen LogP contribution in [-0.4, -0.2) is 57.7 Å². The average molecular weight is 281 g/mol. The average Bonchev–Trinajstić information content (AvgIpc) is 2.75. The monoisotopic (exact) mass is 281 g/mol. The highest BCUT2D eigenvalue weighted by atomic mass is 16.6. The van der Waals surface area contributed by atoms with Crippen molar-refractivity contribution in [1.29, 1.82) is 0 Å². The van der Waals surface area contributed by atoms with Crippen molar-refractivity contribution in [2.45, 2.75) is 31.3 Å². The van der Waals surface area contributed by atoms with Crippen LogP contribution in [0.15, 0.2) is 30.3 Å². The lowest BCUT2D eigenvalue weighted by atomic mass is 10.1. The summed E-state index contributed by atoms with van der Waals surface area (Å²) in [4.78, 5) is 13.3. The van der Waals surface area contributed by atoms with Gasteiger partial charge in [0.25, 0.3) is 0 Å². The van der Waals surface area contributed by atoms with E-state index >= 15 is 0 Å². The zero-order chi connectivity index (χ0) is 14.5. The van der Waals surface area contributed by atoms with Gasteiger partial charge in [0.1, 0.15) is 12.7 Å². The molecular weight excluding hydrogens is 262 g/mol. The molecule has 1 heterocycles. The van der Waals surface area contributed by atoms with E-state index in [1.165, 1.54) is 4.90 Å². The fourth-order valence-corrected chi connectivity index (χ4v) is 2.36. The maximum absolute atomic E-state index is 12.0.